The number of carbonyl (C=O) groups is 1. The van der Waals surface area contributed by atoms with E-state index < -0.39 is 0 Å². The molecule has 0 atom stereocenters. The van der Waals surface area contributed by atoms with E-state index in [-0.39, 0.29) is 5.97 Å². The lowest BCUT2D eigenvalue weighted by atomic mass is 10.2. The number of aromatic nitrogens is 2. The van der Waals surface area contributed by atoms with Gasteiger partial charge in [-0.05, 0) is 25.7 Å². The van der Waals surface area contributed by atoms with E-state index in [1.165, 1.54) is 17.7 Å². The largest absolute Gasteiger partial charge is 0.462 e. The molecule has 0 saturated heterocycles. The first-order valence-electron chi connectivity index (χ1n) is 5.14. The molecular formula is C11H12N2O2S2. The van der Waals surface area contributed by atoms with Crippen molar-refractivity contribution in [1.29, 1.82) is 0 Å². The van der Waals surface area contributed by atoms with Gasteiger partial charge in [0.25, 0.3) is 0 Å². The smallest absolute Gasteiger partial charge is 0.348 e. The van der Waals surface area contributed by atoms with Crippen LogP contribution in [0.3, 0.4) is 0 Å². The SMILES string of the molecule is CCOC(=O)c1sc2ncnc(SC)c2c1C. The van der Waals surface area contributed by atoms with E-state index in [0.717, 1.165) is 20.8 Å². The lowest BCUT2D eigenvalue weighted by molar-refractivity contribution is 0.0531. The van der Waals surface area contributed by atoms with Gasteiger partial charge < -0.3 is 4.74 Å². The highest BCUT2D eigenvalue weighted by atomic mass is 32.2. The summed E-state index contributed by atoms with van der Waals surface area (Å²) in [5.41, 5.74) is 0.911. The van der Waals surface area contributed by atoms with Crippen LogP contribution in [0, 0.1) is 6.92 Å². The fraction of sp³-hybridized carbons (Fsp3) is 0.364. The number of fused-ring (bicyclic) bond motifs is 1. The fourth-order valence-corrected chi connectivity index (χ4v) is 3.30. The van der Waals surface area contributed by atoms with Crippen LogP contribution in [0.15, 0.2) is 11.4 Å². The average molecular weight is 268 g/mol. The van der Waals surface area contributed by atoms with E-state index in [2.05, 4.69) is 9.97 Å². The van der Waals surface area contributed by atoms with Crippen molar-refractivity contribution in [3.63, 3.8) is 0 Å². The molecule has 2 rings (SSSR count). The molecule has 0 fully saturated rings. The molecule has 0 saturated carbocycles. The maximum atomic E-state index is 11.8. The highest BCUT2D eigenvalue weighted by molar-refractivity contribution is 7.98. The van der Waals surface area contributed by atoms with Gasteiger partial charge in [0.2, 0.25) is 0 Å². The molecule has 0 radical (unpaired) electrons. The molecule has 0 N–H and O–H groups in total. The monoisotopic (exact) mass is 268 g/mol. The second kappa shape index (κ2) is 5.01. The van der Waals surface area contributed by atoms with Gasteiger partial charge in [0.1, 0.15) is 21.1 Å². The number of thioether (sulfide) groups is 1. The number of carbonyl (C=O) groups excluding carboxylic acids is 1. The lowest BCUT2D eigenvalue weighted by Crippen LogP contribution is -2.03. The molecule has 2 aromatic heterocycles. The van der Waals surface area contributed by atoms with Crippen molar-refractivity contribution in [3.05, 3.63) is 16.8 Å². The van der Waals surface area contributed by atoms with Crippen LogP contribution in [0.4, 0.5) is 0 Å². The number of hydrogen-bond donors (Lipinski definition) is 0. The van der Waals surface area contributed by atoms with Gasteiger partial charge in [0, 0.05) is 5.39 Å². The van der Waals surface area contributed by atoms with Crippen molar-refractivity contribution >= 4 is 39.3 Å². The number of thiophene rings is 1. The predicted octanol–water partition coefficient (Wildman–Crippen LogP) is 2.90. The van der Waals surface area contributed by atoms with Gasteiger partial charge in [-0.3, -0.25) is 0 Å². The Morgan fingerprint density at radius 3 is 2.94 bits per heavy atom. The van der Waals surface area contributed by atoms with Crippen molar-refractivity contribution in [1.82, 2.24) is 9.97 Å². The maximum absolute atomic E-state index is 11.8. The first-order chi connectivity index (χ1) is 8.19. The van der Waals surface area contributed by atoms with E-state index >= 15 is 0 Å². The zero-order valence-corrected chi connectivity index (χ0v) is 11.4. The number of rotatable bonds is 3. The van der Waals surface area contributed by atoms with Crippen LogP contribution < -0.4 is 0 Å². The summed E-state index contributed by atoms with van der Waals surface area (Å²) in [4.78, 5) is 21.6. The lowest BCUT2D eigenvalue weighted by Gasteiger charge is -2.00. The molecule has 6 heteroatoms. The summed E-state index contributed by atoms with van der Waals surface area (Å²) in [5.74, 6) is -0.278. The van der Waals surface area contributed by atoms with Crippen molar-refractivity contribution in [2.24, 2.45) is 0 Å². The molecule has 17 heavy (non-hydrogen) atoms. The molecule has 0 aliphatic heterocycles. The third kappa shape index (κ3) is 2.14. The summed E-state index contributed by atoms with van der Waals surface area (Å²) in [6.45, 7) is 4.09. The van der Waals surface area contributed by atoms with Crippen molar-refractivity contribution < 1.29 is 9.53 Å². The minimum Gasteiger partial charge on any atom is -0.462 e. The quantitative estimate of drug-likeness (QED) is 0.486. The first kappa shape index (κ1) is 12.3. The van der Waals surface area contributed by atoms with Gasteiger partial charge in [-0.25, -0.2) is 14.8 Å². The second-order valence-electron chi connectivity index (χ2n) is 3.34. The summed E-state index contributed by atoms with van der Waals surface area (Å²) < 4.78 is 5.03. The second-order valence-corrected chi connectivity index (χ2v) is 5.13. The Hall–Kier alpha value is -1.14. The number of aryl methyl sites for hydroxylation is 1. The van der Waals surface area contributed by atoms with Crippen LogP contribution in [0.1, 0.15) is 22.2 Å². The van der Waals surface area contributed by atoms with Gasteiger partial charge in [-0.1, -0.05) is 0 Å². The Morgan fingerprint density at radius 2 is 2.29 bits per heavy atom. The number of nitrogens with zero attached hydrogens (tertiary/aromatic N) is 2. The standard InChI is InChI=1S/C11H12N2O2S2/c1-4-15-11(14)8-6(2)7-9(16-3)12-5-13-10(7)17-8/h5H,4H2,1-3H3. The molecule has 2 aromatic rings. The van der Waals surface area contributed by atoms with Crippen LogP contribution in [0.2, 0.25) is 0 Å². The van der Waals surface area contributed by atoms with Gasteiger partial charge in [-0.2, -0.15) is 0 Å². The summed E-state index contributed by atoms with van der Waals surface area (Å²) >= 11 is 2.92. The zero-order chi connectivity index (χ0) is 12.4. The molecule has 90 valence electrons. The van der Waals surface area contributed by atoms with Crippen molar-refractivity contribution in [2.45, 2.75) is 18.9 Å². The van der Waals surface area contributed by atoms with Crippen LogP contribution in [-0.4, -0.2) is 28.8 Å². The molecule has 0 bridgehead atoms. The number of esters is 1. The minimum atomic E-state index is -0.278. The third-order valence-electron chi connectivity index (χ3n) is 2.35. The van der Waals surface area contributed by atoms with Crippen LogP contribution in [-0.2, 0) is 4.74 Å². The third-order valence-corrected chi connectivity index (χ3v) is 4.22. The summed E-state index contributed by atoms with van der Waals surface area (Å²) in [6.07, 6.45) is 3.49. The zero-order valence-electron chi connectivity index (χ0n) is 9.81. The first-order valence-corrected chi connectivity index (χ1v) is 7.18. The Balaban J connectivity index is 2.61. The van der Waals surface area contributed by atoms with Gasteiger partial charge in [0.05, 0.1) is 6.61 Å². The summed E-state index contributed by atoms with van der Waals surface area (Å²) in [7, 11) is 0. The van der Waals surface area contributed by atoms with Crippen LogP contribution in [0.5, 0.6) is 0 Å². The Bertz CT molecular complexity index is 566. The molecule has 4 nitrogen and oxygen atoms in total. The molecule has 0 spiro atoms. The molecule has 0 unspecified atom stereocenters. The molecule has 0 aliphatic rings. The van der Waals surface area contributed by atoms with E-state index in [0.29, 0.717) is 11.5 Å². The van der Waals surface area contributed by atoms with E-state index in [1.807, 2.05) is 13.2 Å². The highest BCUT2D eigenvalue weighted by Gasteiger charge is 2.19. The van der Waals surface area contributed by atoms with E-state index in [9.17, 15) is 4.79 Å². The molecule has 0 amide bonds. The normalized spacial score (nSPS) is 10.8. The molecular weight excluding hydrogens is 256 g/mol. The van der Waals surface area contributed by atoms with Crippen molar-refractivity contribution in [3.8, 4) is 0 Å². The fourth-order valence-electron chi connectivity index (χ4n) is 1.59. The Kier molecular flexibility index (Phi) is 3.63. The van der Waals surface area contributed by atoms with E-state index in [4.69, 9.17) is 4.74 Å². The number of hydrogen-bond acceptors (Lipinski definition) is 6. The van der Waals surface area contributed by atoms with Gasteiger partial charge >= 0.3 is 5.97 Å². The Morgan fingerprint density at radius 1 is 1.53 bits per heavy atom. The van der Waals surface area contributed by atoms with Crippen molar-refractivity contribution in [2.75, 3.05) is 12.9 Å². The van der Waals surface area contributed by atoms with Gasteiger partial charge in [-0.15, -0.1) is 23.1 Å². The molecule has 2 heterocycles. The molecule has 0 aromatic carbocycles. The highest BCUT2D eigenvalue weighted by Crippen LogP contribution is 2.34. The number of ether oxygens (including phenoxy) is 1. The van der Waals surface area contributed by atoms with Crippen LogP contribution >= 0.6 is 23.1 Å². The van der Waals surface area contributed by atoms with Gasteiger partial charge in [0.15, 0.2) is 0 Å². The minimum absolute atomic E-state index is 0.278. The Labute approximate surface area is 107 Å². The topological polar surface area (TPSA) is 52.1 Å². The summed E-state index contributed by atoms with van der Waals surface area (Å²) in [6, 6.07) is 0. The molecule has 0 aliphatic carbocycles. The predicted molar refractivity (Wildman–Crippen MR) is 69.9 cm³/mol. The average Bonchev–Trinajstić information content (AvgIpc) is 2.67. The van der Waals surface area contributed by atoms with E-state index in [1.54, 1.807) is 18.7 Å². The summed E-state index contributed by atoms with van der Waals surface area (Å²) in [5, 5.41) is 1.87. The van der Waals surface area contributed by atoms with Crippen LogP contribution in [0.25, 0.3) is 10.2 Å². The maximum Gasteiger partial charge on any atom is 0.348 e.